The van der Waals surface area contributed by atoms with E-state index in [2.05, 4.69) is 11.5 Å². The molecular formula is C16H20N2O3. The highest BCUT2D eigenvalue weighted by atomic mass is 16.5. The Morgan fingerprint density at radius 2 is 2.29 bits per heavy atom. The first kappa shape index (κ1) is 14.1. The molecule has 0 amide bonds. The molecule has 0 spiro atoms. The van der Waals surface area contributed by atoms with Crippen LogP contribution in [0.3, 0.4) is 0 Å². The largest absolute Gasteiger partial charge is 0.478 e. The highest BCUT2D eigenvalue weighted by molar-refractivity contribution is 6.01. The zero-order chi connectivity index (χ0) is 15.0. The fourth-order valence-electron chi connectivity index (χ4n) is 2.83. The molecule has 5 nitrogen and oxygen atoms in total. The summed E-state index contributed by atoms with van der Waals surface area (Å²) in [5.74, 6) is 0.606. The van der Waals surface area contributed by atoms with Gasteiger partial charge in [-0.15, -0.1) is 0 Å². The number of nitrogens with zero attached hydrogens (tertiary/aromatic N) is 2. The lowest BCUT2D eigenvalue weighted by Gasteiger charge is -2.18. The number of hydrogen-bond donors (Lipinski definition) is 1. The third-order valence-corrected chi connectivity index (χ3v) is 4.09. The van der Waals surface area contributed by atoms with E-state index in [0.29, 0.717) is 18.1 Å². The Kier molecular flexibility index (Phi) is 3.68. The van der Waals surface area contributed by atoms with Gasteiger partial charge in [0.25, 0.3) is 0 Å². The first-order valence-corrected chi connectivity index (χ1v) is 7.36. The van der Waals surface area contributed by atoms with E-state index in [-0.39, 0.29) is 6.04 Å². The fourth-order valence-corrected chi connectivity index (χ4v) is 2.83. The van der Waals surface area contributed by atoms with Crippen molar-refractivity contribution >= 4 is 17.0 Å². The lowest BCUT2D eigenvalue weighted by Crippen LogP contribution is -2.13. The minimum Gasteiger partial charge on any atom is -0.478 e. The Morgan fingerprint density at radius 3 is 2.90 bits per heavy atom. The van der Waals surface area contributed by atoms with E-state index < -0.39 is 5.97 Å². The zero-order valence-electron chi connectivity index (χ0n) is 12.4. The number of carboxylic acids is 1. The average Bonchev–Trinajstić information content (AvgIpc) is 3.24. The first-order valence-electron chi connectivity index (χ1n) is 7.36. The van der Waals surface area contributed by atoms with Gasteiger partial charge in [-0.1, -0.05) is 6.07 Å². The molecule has 0 bridgehead atoms. The van der Waals surface area contributed by atoms with Crippen LogP contribution in [0.1, 0.15) is 54.3 Å². The summed E-state index contributed by atoms with van der Waals surface area (Å²) >= 11 is 0. The predicted octanol–water partition coefficient (Wildman–Crippen LogP) is 3.21. The van der Waals surface area contributed by atoms with Crippen molar-refractivity contribution in [2.75, 3.05) is 13.7 Å². The molecule has 1 N–H and O–H groups in total. The van der Waals surface area contributed by atoms with Crippen LogP contribution < -0.4 is 0 Å². The third-order valence-electron chi connectivity index (χ3n) is 4.09. The molecule has 1 atom stereocenters. The van der Waals surface area contributed by atoms with Crippen molar-refractivity contribution in [3.63, 3.8) is 0 Å². The highest BCUT2D eigenvalue weighted by Gasteiger charge is 2.32. The maximum absolute atomic E-state index is 11.5. The summed E-state index contributed by atoms with van der Waals surface area (Å²) in [6.07, 6.45) is 3.13. The number of ether oxygens (including phenoxy) is 1. The summed E-state index contributed by atoms with van der Waals surface area (Å²) in [6.45, 7) is 2.75. The van der Waals surface area contributed by atoms with Crippen LogP contribution in [0.4, 0.5) is 0 Å². The van der Waals surface area contributed by atoms with Crippen LogP contribution >= 0.6 is 0 Å². The standard InChI is InChI=1S/C16H20N2O3/c1-10(8-9-21-2)18-14-12(16(19)20)4-3-5-13(14)17-15(18)11-6-7-11/h3-5,10-11H,6-9H2,1-2H3,(H,19,20). The van der Waals surface area contributed by atoms with Crippen LogP contribution in [0.2, 0.25) is 0 Å². The number of fused-ring (bicyclic) bond motifs is 1. The second kappa shape index (κ2) is 5.48. The van der Waals surface area contributed by atoms with E-state index in [1.807, 2.05) is 6.07 Å². The number of benzene rings is 1. The summed E-state index contributed by atoms with van der Waals surface area (Å²) < 4.78 is 7.29. The van der Waals surface area contributed by atoms with E-state index in [4.69, 9.17) is 9.72 Å². The number of carbonyl (C=O) groups is 1. The molecule has 2 aromatic rings. The zero-order valence-corrected chi connectivity index (χ0v) is 12.4. The number of aromatic carboxylic acids is 1. The number of aromatic nitrogens is 2. The molecule has 0 aliphatic heterocycles. The van der Waals surface area contributed by atoms with Crippen LogP contribution in [0.25, 0.3) is 11.0 Å². The van der Waals surface area contributed by atoms with Gasteiger partial charge in [-0.2, -0.15) is 0 Å². The molecule has 0 saturated heterocycles. The van der Waals surface area contributed by atoms with E-state index in [1.54, 1.807) is 19.2 Å². The molecule has 5 heteroatoms. The van der Waals surface area contributed by atoms with Crippen molar-refractivity contribution in [3.05, 3.63) is 29.6 Å². The Hall–Kier alpha value is -1.88. The number of imidazole rings is 1. The molecule has 1 heterocycles. The molecule has 1 fully saturated rings. The predicted molar refractivity (Wildman–Crippen MR) is 79.9 cm³/mol. The maximum Gasteiger partial charge on any atom is 0.337 e. The lowest BCUT2D eigenvalue weighted by molar-refractivity contribution is 0.0698. The number of methoxy groups -OCH3 is 1. The number of carboxylic acid groups (broad SMARTS) is 1. The van der Waals surface area contributed by atoms with Crippen molar-refractivity contribution in [1.29, 1.82) is 0 Å². The van der Waals surface area contributed by atoms with Gasteiger partial charge in [0, 0.05) is 25.7 Å². The van der Waals surface area contributed by atoms with E-state index in [1.165, 1.54) is 0 Å². The molecule has 1 unspecified atom stereocenters. The topological polar surface area (TPSA) is 64.4 Å². The van der Waals surface area contributed by atoms with E-state index in [0.717, 1.165) is 36.1 Å². The van der Waals surface area contributed by atoms with Gasteiger partial charge in [-0.3, -0.25) is 0 Å². The van der Waals surface area contributed by atoms with Crippen molar-refractivity contribution in [1.82, 2.24) is 9.55 Å². The normalized spacial score (nSPS) is 16.3. The minimum atomic E-state index is -0.900. The average molecular weight is 288 g/mol. The van der Waals surface area contributed by atoms with Gasteiger partial charge in [-0.05, 0) is 38.3 Å². The monoisotopic (exact) mass is 288 g/mol. The van der Waals surface area contributed by atoms with Crippen LogP contribution in [0.15, 0.2) is 18.2 Å². The maximum atomic E-state index is 11.5. The first-order chi connectivity index (χ1) is 10.1. The van der Waals surface area contributed by atoms with Gasteiger partial charge in [0.15, 0.2) is 0 Å². The van der Waals surface area contributed by atoms with Crippen molar-refractivity contribution < 1.29 is 14.6 Å². The highest BCUT2D eigenvalue weighted by Crippen LogP contribution is 2.42. The van der Waals surface area contributed by atoms with Crippen LogP contribution in [-0.4, -0.2) is 34.3 Å². The molecule has 1 aliphatic carbocycles. The van der Waals surface area contributed by atoms with Crippen molar-refractivity contribution in [2.45, 2.75) is 38.1 Å². The fraction of sp³-hybridized carbons (Fsp3) is 0.500. The number of hydrogen-bond acceptors (Lipinski definition) is 3. The second-order valence-electron chi connectivity index (χ2n) is 5.72. The van der Waals surface area contributed by atoms with Crippen molar-refractivity contribution in [3.8, 4) is 0 Å². The van der Waals surface area contributed by atoms with Gasteiger partial charge in [0.1, 0.15) is 5.82 Å². The molecule has 112 valence electrons. The van der Waals surface area contributed by atoms with Gasteiger partial charge in [0.2, 0.25) is 0 Å². The summed E-state index contributed by atoms with van der Waals surface area (Å²) in [4.78, 5) is 16.2. The Labute approximate surface area is 123 Å². The summed E-state index contributed by atoms with van der Waals surface area (Å²) in [5.41, 5.74) is 1.85. The second-order valence-corrected chi connectivity index (χ2v) is 5.72. The SMILES string of the molecule is COCCC(C)n1c(C2CC2)nc2cccc(C(=O)O)c21. The molecule has 21 heavy (non-hydrogen) atoms. The Morgan fingerprint density at radius 1 is 1.52 bits per heavy atom. The van der Waals surface area contributed by atoms with Gasteiger partial charge in [-0.25, -0.2) is 9.78 Å². The quantitative estimate of drug-likeness (QED) is 0.886. The number of rotatable bonds is 6. The Bertz CT molecular complexity index is 673. The van der Waals surface area contributed by atoms with Gasteiger partial charge in [0.05, 0.1) is 16.6 Å². The molecular weight excluding hydrogens is 268 g/mol. The minimum absolute atomic E-state index is 0.172. The van der Waals surface area contributed by atoms with E-state index >= 15 is 0 Å². The van der Waals surface area contributed by atoms with Gasteiger partial charge >= 0.3 is 5.97 Å². The van der Waals surface area contributed by atoms with Crippen LogP contribution in [-0.2, 0) is 4.74 Å². The summed E-state index contributed by atoms with van der Waals surface area (Å²) in [7, 11) is 1.68. The summed E-state index contributed by atoms with van der Waals surface area (Å²) in [5, 5.41) is 9.46. The molecule has 1 saturated carbocycles. The number of para-hydroxylation sites is 1. The molecule has 1 aromatic carbocycles. The van der Waals surface area contributed by atoms with Gasteiger partial charge < -0.3 is 14.4 Å². The third kappa shape index (κ3) is 2.53. The van der Waals surface area contributed by atoms with E-state index in [9.17, 15) is 9.90 Å². The van der Waals surface area contributed by atoms with Crippen molar-refractivity contribution in [2.24, 2.45) is 0 Å². The van der Waals surface area contributed by atoms with Crippen LogP contribution in [0, 0.1) is 0 Å². The molecule has 3 rings (SSSR count). The molecule has 1 aromatic heterocycles. The lowest BCUT2D eigenvalue weighted by atomic mass is 10.1. The smallest absolute Gasteiger partial charge is 0.337 e. The Balaban J connectivity index is 2.17. The summed E-state index contributed by atoms with van der Waals surface area (Å²) in [6, 6.07) is 5.49. The molecule has 0 radical (unpaired) electrons. The molecule has 1 aliphatic rings. The van der Waals surface area contributed by atoms with Crippen LogP contribution in [0.5, 0.6) is 0 Å².